The molecule has 0 aromatic heterocycles. The van der Waals surface area contributed by atoms with Crippen LogP contribution < -0.4 is 9.46 Å². The van der Waals surface area contributed by atoms with Crippen LogP contribution in [0, 0.1) is 0 Å². The van der Waals surface area contributed by atoms with Crippen LogP contribution in [0.2, 0.25) is 0 Å². The van der Waals surface area contributed by atoms with Crippen molar-refractivity contribution in [3.05, 3.63) is 59.7 Å². The molecular formula is C16H17NO4S. The van der Waals surface area contributed by atoms with E-state index in [9.17, 15) is 13.5 Å². The van der Waals surface area contributed by atoms with Gasteiger partial charge in [-0.2, -0.15) is 0 Å². The predicted molar refractivity (Wildman–Crippen MR) is 82.2 cm³/mol. The van der Waals surface area contributed by atoms with E-state index in [-0.39, 0.29) is 4.90 Å². The summed E-state index contributed by atoms with van der Waals surface area (Å²) in [5, 5.41) is 10.2. The molecule has 1 aliphatic carbocycles. The molecule has 22 heavy (non-hydrogen) atoms. The monoisotopic (exact) mass is 319 g/mol. The number of hydrogen-bond acceptors (Lipinski definition) is 4. The summed E-state index contributed by atoms with van der Waals surface area (Å²) in [7, 11) is -2.19. The van der Waals surface area contributed by atoms with Crippen LogP contribution in [0.1, 0.15) is 17.2 Å². The minimum atomic E-state index is -3.71. The third-order valence-corrected chi connectivity index (χ3v) is 5.31. The fourth-order valence-corrected chi connectivity index (χ4v) is 3.95. The van der Waals surface area contributed by atoms with Gasteiger partial charge in [-0.25, -0.2) is 13.1 Å². The number of aliphatic hydroxyl groups excluding tert-OH is 1. The van der Waals surface area contributed by atoms with Crippen LogP contribution in [0.4, 0.5) is 0 Å². The molecule has 2 aromatic rings. The first-order valence-corrected chi connectivity index (χ1v) is 8.42. The second-order valence-electron chi connectivity index (χ2n) is 5.24. The second kappa shape index (κ2) is 5.72. The lowest BCUT2D eigenvalue weighted by atomic mass is 10.1. The van der Waals surface area contributed by atoms with E-state index in [2.05, 4.69) is 4.72 Å². The van der Waals surface area contributed by atoms with E-state index in [4.69, 9.17) is 4.74 Å². The third-order valence-electron chi connectivity index (χ3n) is 3.86. The summed E-state index contributed by atoms with van der Waals surface area (Å²) in [6, 6.07) is 13.0. The highest BCUT2D eigenvalue weighted by Crippen LogP contribution is 2.32. The van der Waals surface area contributed by atoms with Gasteiger partial charge in [-0.15, -0.1) is 0 Å². The molecule has 1 aliphatic rings. The first-order chi connectivity index (χ1) is 10.5. The van der Waals surface area contributed by atoms with Crippen molar-refractivity contribution >= 4 is 10.0 Å². The lowest BCUT2D eigenvalue weighted by Gasteiger charge is -2.18. The second-order valence-corrected chi connectivity index (χ2v) is 6.96. The lowest BCUT2D eigenvalue weighted by Crippen LogP contribution is -2.33. The summed E-state index contributed by atoms with van der Waals surface area (Å²) >= 11 is 0. The standard InChI is InChI=1S/C16H17NO4S/c1-21-12-6-8-13(9-7-12)22(19,20)17-16-14-5-3-2-4-11(14)10-15(16)18/h2-9,15-18H,10H2,1H3. The Morgan fingerprint density at radius 3 is 2.50 bits per heavy atom. The van der Waals surface area contributed by atoms with Crippen molar-refractivity contribution < 1.29 is 18.3 Å². The molecular weight excluding hydrogens is 302 g/mol. The van der Waals surface area contributed by atoms with Crippen LogP contribution in [-0.4, -0.2) is 26.7 Å². The highest BCUT2D eigenvalue weighted by atomic mass is 32.2. The van der Waals surface area contributed by atoms with Crippen molar-refractivity contribution in [3.63, 3.8) is 0 Å². The van der Waals surface area contributed by atoms with E-state index >= 15 is 0 Å². The van der Waals surface area contributed by atoms with Crippen LogP contribution in [-0.2, 0) is 16.4 Å². The Kier molecular flexibility index (Phi) is 3.90. The fraction of sp³-hybridized carbons (Fsp3) is 0.250. The Labute approximate surface area is 129 Å². The normalized spacial score (nSPS) is 20.6. The molecule has 2 N–H and O–H groups in total. The number of methoxy groups -OCH3 is 1. The lowest BCUT2D eigenvalue weighted by molar-refractivity contribution is 0.151. The van der Waals surface area contributed by atoms with E-state index < -0.39 is 22.2 Å². The Morgan fingerprint density at radius 2 is 1.82 bits per heavy atom. The van der Waals surface area contributed by atoms with Gasteiger partial charge in [-0.1, -0.05) is 24.3 Å². The zero-order valence-electron chi connectivity index (χ0n) is 12.1. The van der Waals surface area contributed by atoms with Gasteiger partial charge in [0.2, 0.25) is 10.0 Å². The predicted octanol–water partition coefficient (Wildman–Crippen LogP) is 1.63. The number of nitrogens with one attached hydrogen (secondary N) is 1. The number of aliphatic hydroxyl groups is 1. The first-order valence-electron chi connectivity index (χ1n) is 6.93. The van der Waals surface area contributed by atoms with Crippen molar-refractivity contribution in [2.75, 3.05) is 7.11 Å². The van der Waals surface area contributed by atoms with Crippen LogP contribution in [0.3, 0.4) is 0 Å². The maximum Gasteiger partial charge on any atom is 0.241 e. The molecule has 0 amide bonds. The molecule has 0 saturated carbocycles. The molecule has 0 fully saturated rings. The van der Waals surface area contributed by atoms with Gasteiger partial charge in [0.05, 0.1) is 24.2 Å². The minimum Gasteiger partial charge on any atom is -0.497 e. The molecule has 0 aliphatic heterocycles. The zero-order chi connectivity index (χ0) is 15.7. The largest absolute Gasteiger partial charge is 0.497 e. The first kappa shape index (κ1) is 15.0. The van der Waals surface area contributed by atoms with Crippen molar-refractivity contribution in [1.82, 2.24) is 4.72 Å². The Hall–Kier alpha value is -1.89. The zero-order valence-corrected chi connectivity index (χ0v) is 12.9. The quantitative estimate of drug-likeness (QED) is 0.898. The van der Waals surface area contributed by atoms with E-state index in [1.165, 1.54) is 19.2 Å². The van der Waals surface area contributed by atoms with Crippen LogP contribution in [0.25, 0.3) is 0 Å². The van der Waals surface area contributed by atoms with Crippen molar-refractivity contribution in [1.29, 1.82) is 0 Å². The SMILES string of the molecule is COc1ccc(S(=O)(=O)NC2c3ccccc3CC2O)cc1. The highest BCUT2D eigenvalue weighted by molar-refractivity contribution is 7.89. The molecule has 6 heteroatoms. The van der Waals surface area contributed by atoms with E-state index in [1.54, 1.807) is 12.1 Å². The number of sulfonamides is 1. The maximum absolute atomic E-state index is 12.5. The smallest absolute Gasteiger partial charge is 0.241 e. The summed E-state index contributed by atoms with van der Waals surface area (Å²) in [5.74, 6) is 0.588. The van der Waals surface area contributed by atoms with Gasteiger partial charge < -0.3 is 9.84 Å². The van der Waals surface area contributed by atoms with E-state index in [0.29, 0.717) is 12.2 Å². The van der Waals surface area contributed by atoms with Gasteiger partial charge in [-0.3, -0.25) is 0 Å². The molecule has 2 aromatic carbocycles. The number of ether oxygens (including phenoxy) is 1. The third kappa shape index (κ3) is 2.72. The van der Waals surface area contributed by atoms with Gasteiger partial charge in [0.15, 0.2) is 0 Å². The van der Waals surface area contributed by atoms with Gasteiger partial charge in [0, 0.05) is 6.42 Å². The van der Waals surface area contributed by atoms with Gasteiger partial charge in [0.25, 0.3) is 0 Å². The Morgan fingerprint density at radius 1 is 1.14 bits per heavy atom. The van der Waals surface area contributed by atoms with E-state index in [0.717, 1.165) is 11.1 Å². The number of rotatable bonds is 4. The number of benzene rings is 2. The fourth-order valence-electron chi connectivity index (χ4n) is 2.71. The van der Waals surface area contributed by atoms with Crippen LogP contribution in [0.5, 0.6) is 5.75 Å². The van der Waals surface area contributed by atoms with Crippen molar-refractivity contribution in [2.45, 2.75) is 23.5 Å². The summed E-state index contributed by atoms with van der Waals surface area (Å²) in [4.78, 5) is 0.143. The molecule has 5 nitrogen and oxygen atoms in total. The Balaban J connectivity index is 1.88. The highest BCUT2D eigenvalue weighted by Gasteiger charge is 2.34. The summed E-state index contributed by atoms with van der Waals surface area (Å²) in [6.07, 6.45) is -0.308. The molecule has 0 spiro atoms. The summed E-state index contributed by atoms with van der Waals surface area (Å²) < 4.78 is 32.6. The van der Waals surface area contributed by atoms with Crippen LogP contribution >= 0.6 is 0 Å². The minimum absolute atomic E-state index is 0.143. The number of hydrogen-bond donors (Lipinski definition) is 2. The molecule has 2 unspecified atom stereocenters. The van der Waals surface area contributed by atoms with Crippen molar-refractivity contribution in [2.24, 2.45) is 0 Å². The molecule has 0 bridgehead atoms. The molecule has 0 heterocycles. The topological polar surface area (TPSA) is 75.6 Å². The Bertz CT molecular complexity index is 771. The molecule has 0 saturated heterocycles. The molecule has 0 radical (unpaired) electrons. The average molecular weight is 319 g/mol. The maximum atomic E-state index is 12.5. The van der Waals surface area contributed by atoms with Gasteiger partial charge >= 0.3 is 0 Å². The van der Waals surface area contributed by atoms with Crippen molar-refractivity contribution in [3.8, 4) is 5.75 Å². The molecule has 116 valence electrons. The van der Waals surface area contributed by atoms with Crippen LogP contribution in [0.15, 0.2) is 53.4 Å². The number of fused-ring (bicyclic) bond motifs is 1. The summed E-state index contributed by atoms with van der Waals surface area (Å²) in [5.41, 5.74) is 1.80. The van der Waals surface area contributed by atoms with Gasteiger partial charge in [0.1, 0.15) is 5.75 Å². The molecule has 3 rings (SSSR count). The summed E-state index contributed by atoms with van der Waals surface area (Å²) in [6.45, 7) is 0. The van der Waals surface area contributed by atoms with Gasteiger partial charge in [-0.05, 0) is 35.4 Å². The average Bonchev–Trinajstić information content (AvgIpc) is 2.83. The molecule has 2 atom stereocenters. The van der Waals surface area contributed by atoms with E-state index in [1.807, 2.05) is 24.3 Å².